The predicted molar refractivity (Wildman–Crippen MR) is 72.6 cm³/mol. The second-order valence-electron chi connectivity index (χ2n) is 5.57. The van der Waals surface area contributed by atoms with Crippen molar-refractivity contribution in [2.75, 3.05) is 11.9 Å². The maximum atomic E-state index is 4.54. The smallest absolute Gasteiger partial charge is 0.147 e. The Morgan fingerprint density at radius 2 is 1.94 bits per heavy atom. The molecule has 0 radical (unpaired) electrons. The van der Waals surface area contributed by atoms with Gasteiger partial charge in [-0.3, -0.25) is 4.98 Å². The first-order valence-corrected chi connectivity index (χ1v) is 7.10. The summed E-state index contributed by atoms with van der Waals surface area (Å²) < 4.78 is 0. The largest absolute Gasteiger partial charge is 0.355 e. The van der Waals surface area contributed by atoms with E-state index in [1.165, 1.54) is 38.5 Å². The zero-order valence-corrected chi connectivity index (χ0v) is 11.1. The van der Waals surface area contributed by atoms with E-state index >= 15 is 0 Å². The first-order valence-electron chi connectivity index (χ1n) is 7.10. The van der Waals surface area contributed by atoms with E-state index < -0.39 is 0 Å². The van der Waals surface area contributed by atoms with Crippen LogP contribution in [0.4, 0.5) is 5.82 Å². The van der Waals surface area contributed by atoms with E-state index in [0.717, 1.165) is 24.1 Å². The lowest BCUT2D eigenvalue weighted by Gasteiger charge is -2.24. The van der Waals surface area contributed by atoms with E-state index in [9.17, 15) is 0 Å². The summed E-state index contributed by atoms with van der Waals surface area (Å²) in [4.78, 5) is 11.3. The van der Waals surface area contributed by atoms with Gasteiger partial charge in [0.1, 0.15) is 5.82 Å². The van der Waals surface area contributed by atoms with Crippen molar-refractivity contribution in [2.24, 2.45) is 0 Å². The Hall–Kier alpha value is -1.16. The summed E-state index contributed by atoms with van der Waals surface area (Å²) in [7, 11) is 2.14. The van der Waals surface area contributed by atoms with Gasteiger partial charge < -0.3 is 10.2 Å². The van der Waals surface area contributed by atoms with E-state index in [2.05, 4.69) is 27.2 Å². The van der Waals surface area contributed by atoms with Crippen LogP contribution in [0.2, 0.25) is 0 Å². The Morgan fingerprint density at radius 1 is 1.17 bits per heavy atom. The maximum Gasteiger partial charge on any atom is 0.147 e. The van der Waals surface area contributed by atoms with Crippen LogP contribution in [0.3, 0.4) is 0 Å². The van der Waals surface area contributed by atoms with Gasteiger partial charge in [-0.1, -0.05) is 12.8 Å². The molecule has 1 aromatic rings. The molecule has 0 amide bonds. The van der Waals surface area contributed by atoms with Gasteiger partial charge in [0.15, 0.2) is 0 Å². The molecule has 4 nitrogen and oxygen atoms in total. The Balaban J connectivity index is 1.58. The fraction of sp³-hybridized carbons (Fsp3) is 0.714. The van der Waals surface area contributed by atoms with Crippen LogP contribution in [0, 0.1) is 0 Å². The summed E-state index contributed by atoms with van der Waals surface area (Å²) in [5.74, 6) is 1.01. The summed E-state index contributed by atoms with van der Waals surface area (Å²) >= 11 is 0. The lowest BCUT2D eigenvalue weighted by atomic mass is 10.2. The molecule has 1 aromatic heterocycles. The first kappa shape index (κ1) is 11.9. The molecule has 0 bridgehead atoms. The Bertz CT molecular complexity index is 379. The number of anilines is 1. The Morgan fingerprint density at radius 3 is 2.56 bits per heavy atom. The number of nitrogens with zero attached hydrogens (tertiary/aromatic N) is 3. The lowest BCUT2D eigenvalue weighted by Crippen LogP contribution is -2.29. The number of rotatable bonds is 5. The maximum absolute atomic E-state index is 4.54. The quantitative estimate of drug-likeness (QED) is 0.864. The van der Waals surface area contributed by atoms with Gasteiger partial charge in [0.2, 0.25) is 0 Å². The molecule has 3 rings (SSSR count). The summed E-state index contributed by atoms with van der Waals surface area (Å²) in [6, 6.07) is 1.39. The van der Waals surface area contributed by atoms with Crippen LogP contribution in [-0.4, -0.2) is 29.1 Å². The summed E-state index contributed by atoms with van der Waals surface area (Å²) in [6.07, 6.45) is 11.8. The second kappa shape index (κ2) is 5.22. The van der Waals surface area contributed by atoms with Crippen LogP contribution in [-0.2, 0) is 6.54 Å². The highest BCUT2D eigenvalue weighted by Gasteiger charge is 2.21. The zero-order valence-electron chi connectivity index (χ0n) is 11.1. The Labute approximate surface area is 109 Å². The third-order valence-corrected chi connectivity index (χ3v) is 4.07. The van der Waals surface area contributed by atoms with Crippen LogP contribution in [0.1, 0.15) is 44.2 Å². The molecule has 2 aliphatic rings. The number of hydrogen-bond donors (Lipinski definition) is 1. The van der Waals surface area contributed by atoms with Crippen molar-refractivity contribution < 1.29 is 0 Å². The monoisotopic (exact) mass is 246 g/mol. The molecule has 2 saturated carbocycles. The third kappa shape index (κ3) is 2.80. The lowest BCUT2D eigenvalue weighted by molar-refractivity contribution is 0.640. The topological polar surface area (TPSA) is 41.1 Å². The van der Waals surface area contributed by atoms with E-state index in [0.29, 0.717) is 6.04 Å². The number of hydrogen-bond acceptors (Lipinski definition) is 4. The highest BCUT2D eigenvalue weighted by molar-refractivity contribution is 5.36. The average Bonchev–Trinajstić information content (AvgIpc) is 3.08. The van der Waals surface area contributed by atoms with Gasteiger partial charge in [-0.25, -0.2) is 4.98 Å². The number of nitrogens with one attached hydrogen (secondary N) is 1. The molecule has 1 N–H and O–H groups in total. The molecule has 1 heterocycles. The second-order valence-corrected chi connectivity index (χ2v) is 5.57. The van der Waals surface area contributed by atoms with Crippen molar-refractivity contribution in [3.63, 3.8) is 0 Å². The Kier molecular flexibility index (Phi) is 3.46. The minimum absolute atomic E-state index is 0.662. The molecular weight excluding hydrogens is 224 g/mol. The minimum atomic E-state index is 0.662. The van der Waals surface area contributed by atoms with Gasteiger partial charge in [-0.2, -0.15) is 0 Å². The van der Waals surface area contributed by atoms with E-state index in [1.54, 1.807) is 0 Å². The van der Waals surface area contributed by atoms with Crippen molar-refractivity contribution in [3.05, 3.63) is 18.1 Å². The SMILES string of the molecule is CN(c1cnc(CNC2CC2)cn1)C1CCCC1. The fourth-order valence-electron chi connectivity index (χ4n) is 2.64. The molecule has 98 valence electrons. The zero-order chi connectivity index (χ0) is 12.4. The van der Waals surface area contributed by atoms with Crippen molar-refractivity contribution in [3.8, 4) is 0 Å². The summed E-state index contributed by atoms with van der Waals surface area (Å²) in [6.45, 7) is 0.852. The summed E-state index contributed by atoms with van der Waals surface area (Å²) in [5.41, 5.74) is 1.05. The van der Waals surface area contributed by atoms with Crippen molar-refractivity contribution in [1.82, 2.24) is 15.3 Å². The molecule has 0 spiro atoms. The van der Waals surface area contributed by atoms with Crippen LogP contribution in [0.25, 0.3) is 0 Å². The molecule has 2 aliphatic carbocycles. The van der Waals surface area contributed by atoms with E-state index in [1.807, 2.05) is 12.4 Å². The van der Waals surface area contributed by atoms with Crippen molar-refractivity contribution in [1.29, 1.82) is 0 Å². The predicted octanol–water partition coefficient (Wildman–Crippen LogP) is 2.11. The molecular formula is C14H22N4. The van der Waals surface area contributed by atoms with E-state index in [4.69, 9.17) is 0 Å². The van der Waals surface area contributed by atoms with Crippen LogP contribution in [0.15, 0.2) is 12.4 Å². The van der Waals surface area contributed by atoms with Gasteiger partial charge in [-0.15, -0.1) is 0 Å². The fourth-order valence-corrected chi connectivity index (χ4v) is 2.64. The van der Waals surface area contributed by atoms with Crippen LogP contribution >= 0.6 is 0 Å². The van der Waals surface area contributed by atoms with Crippen LogP contribution < -0.4 is 10.2 Å². The van der Waals surface area contributed by atoms with E-state index in [-0.39, 0.29) is 0 Å². The number of aromatic nitrogens is 2. The van der Waals surface area contributed by atoms with Crippen LogP contribution in [0.5, 0.6) is 0 Å². The normalized spacial score (nSPS) is 20.3. The van der Waals surface area contributed by atoms with Gasteiger partial charge in [0.25, 0.3) is 0 Å². The highest BCUT2D eigenvalue weighted by Crippen LogP contribution is 2.25. The molecule has 2 fully saturated rings. The molecule has 0 aliphatic heterocycles. The van der Waals surface area contributed by atoms with Gasteiger partial charge >= 0.3 is 0 Å². The molecule has 0 saturated heterocycles. The molecule has 0 atom stereocenters. The van der Waals surface area contributed by atoms with Crippen molar-refractivity contribution >= 4 is 5.82 Å². The molecule has 0 aromatic carbocycles. The van der Waals surface area contributed by atoms with Gasteiger partial charge in [0.05, 0.1) is 18.1 Å². The summed E-state index contributed by atoms with van der Waals surface area (Å²) in [5, 5.41) is 3.46. The molecule has 4 heteroatoms. The van der Waals surface area contributed by atoms with Gasteiger partial charge in [-0.05, 0) is 25.7 Å². The molecule has 18 heavy (non-hydrogen) atoms. The first-order chi connectivity index (χ1) is 8.83. The average molecular weight is 246 g/mol. The minimum Gasteiger partial charge on any atom is -0.355 e. The van der Waals surface area contributed by atoms with Gasteiger partial charge in [0, 0.05) is 25.7 Å². The standard InChI is InChI=1S/C14H22N4/c1-18(13-4-2-3-5-13)14-10-16-12(9-17-14)8-15-11-6-7-11/h9-11,13,15H,2-8H2,1H3. The molecule has 0 unspecified atom stereocenters. The third-order valence-electron chi connectivity index (χ3n) is 4.07. The highest BCUT2D eigenvalue weighted by atomic mass is 15.2. The van der Waals surface area contributed by atoms with Crippen molar-refractivity contribution in [2.45, 2.75) is 57.2 Å².